The summed E-state index contributed by atoms with van der Waals surface area (Å²) in [6.45, 7) is 5.43. The summed E-state index contributed by atoms with van der Waals surface area (Å²) >= 11 is 0. The number of esters is 1. The van der Waals surface area contributed by atoms with Gasteiger partial charge in [-0.3, -0.25) is 4.79 Å². The van der Waals surface area contributed by atoms with E-state index < -0.39 is 18.0 Å². The Hall–Kier alpha value is -2.53. The maximum absolute atomic E-state index is 12.2. The van der Waals surface area contributed by atoms with E-state index in [1.165, 1.54) is 0 Å². The van der Waals surface area contributed by atoms with Crippen molar-refractivity contribution in [3.63, 3.8) is 0 Å². The van der Waals surface area contributed by atoms with Gasteiger partial charge in [0.05, 0.1) is 5.56 Å². The Morgan fingerprint density at radius 2 is 1.91 bits per heavy atom. The molecule has 0 heterocycles. The standard InChI is InChI=1S/C15H20N4O3/c1-10(2)13(14(20)18-11(3)9-17-19-16)22-15(21)12-7-5-4-6-8-12/h4-8,10-11,13H,9H2,1-3H3,(H,18,20)/t11-,13?/m0/s1. The third kappa shape index (κ3) is 5.46. The molecule has 0 bridgehead atoms. The van der Waals surface area contributed by atoms with Gasteiger partial charge in [0.15, 0.2) is 6.10 Å². The number of azide groups is 1. The highest BCUT2D eigenvalue weighted by molar-refractivity contribution is 5.92. The van der Waals surface area contributed by atoms with Gasteiger partial charge in [0, 0.05) is 17.5 Å². The largest absolute Gasteiger partial charge is 0.448 e. The lowest BCUT2D eigenvalue weighted by Crippen LogP contribution is -2.45. The van der Waals surface area contributed by atoms with Gasteiger partial charge in [0.1, 0.15) is 0 Å². The van der Waals surface area contributed by atoms with Gasteiger partial charge in [-0.15, -0.1) is 0 Å². The van der Waals surface area contributed by atoms with E-state index in [9.17, 15) is 9.59 Å². The molecule has 0 aliphatic heterocycles. The monoisotopic (exact) mass is 304 g/mol. The molecule has 22 heavy (non-hydrogen) atoms. The van der Waals surface area contributed by atoms with E-state index in [4.69, 9.17) is 10.3 Å². The maximum Gasteiger partial charge on any atom is 0.338 e. The third-order valence-corrected chi connectivity index (χ3v) is 2.91. The Labute approximate surface area is 129 Å². The first-order valence-corrected chi connectivity index (χ1v) is 7.03. The van der Waals surface area contributed by atoms with Crippen LogP contribution in [0.3, 0.4) is 0 Å². The number of benzene rings is 1. The lowest BCUT2D eigenvalue weighted by Gasteiger charge is -2.22. The number of nitrogens with one attached hydrogen (secondary N) is 1. The van der Waals surface area contributed by atoms with Crippen LogP contribution in [0.4, 0.5) is 0 Å². The maximum atomic E-state index is 12.2. The second-order valence-electron chi connectivity index (χ2n) is 5.26. The third-order valence-electron chi connectivity index (χ3n) is 2.91. The smallest absolute Gasteiger partial charge is 0.338 e. The molecule has 1 N–H and O–H groups in total. The first-order chi connectivity index (χ1) is 10.5. The Bertz CT molecular complexity index is 553. The molecule has 7 nitrogen and oxygen atoms in total. The fourth-order valence-electron chi connectivity index (χ4n) is 1.78. The first-order valence-electron chi connectivity index (χ1n) is 7.03. The lowest BCUT2D eigenvalue weighted by molar-refractivity contribution is -0.132. The molecule has 0 aromatic heterocycles. The summed E-state index contributed by atoms with van der Waals surface area (Å²) in [7, 11) is 0. The number of carbonyl (C=O) groups excluding carboxylic acids is 2. The molecule has 7 heteroatoms. The number of ether oxygens (including phenoxy) is 1. The molecule has 1 rings (SSSR count). The second kappa shape index (κ2) is 8.69. The van der Waals surface area contributed by atoms with E-state index in [0.717, 1.165) is 0 Å². The summed E-state index contributed by atoms with van der Waals surface area (Å²) in [6, 6.07) is 8.16. The molecule has 1 aromatic carbocycles. The minimum Gasteiger partial charge on any atom is -0.448 e. The highest BCUT2D eigenvalue weighted by Crippen LogP contribution is 2.11. The molecule has 0 aliphatic rings. The van der Waals surface area contributed by atoms with Crippen LogP contribution in [0.5, 0.6) is 0 Å². The molecule has 0 saturated heterocycles. The fourth-order valence-corrected chi connectivity index (χ4v) is 1.78. The van der Waals surface area contributed by atoms with Crippen molar-refractivity contribution in [3.8, 4) is 0 Å². The molecular formula is C15H20N4O3. The van der Waals surface area contributed by atoms with Gasteiger partial charge >= 0.3 is 5.97 Å². The van der Waals surface area contributed by atoms with E-state index in [1.54, 1.807) is 51.1 Å². The van der Waals surface area contributed by atoms with Crippen LogP contribution in [-0.4, -0.2) is 30.6 Å². The van der Waals surface area contributed by atoms with E-state index in [2.05, 4.69) is 15.3 Å². The molecular weight excluding hydrogens is 284 g/mol. The van der Waals surface area contributed by atoms with Crippen molar-refractivity contribution >= 4 is 11.9 Å². The molecule has 1 unspecified atom stereocenters. The number of carbonyl (C=O) groups is 2. The van der Waals surface area contributed by atoms with Crippen LogP contribution in [0.1, 0.15) is 31.1 Å². The highest BCUT2D eigenvalue weighted by atomic mass is 16.5. The van der Waals surface area contributed by atoms with Gasteiger partial charge < -0.3 is 10.1 Å². The minimum atomic E-state index is -0.902. The molecule has 118 valence electrons. The van der Waals surface area contributed by atoms with Crippen LogP contribution in [0, 0.1) is 5.92 Å². The topological polar surface area (TPSA) is 104 Å². The van der Waals surface area contributed by atoms with Gasteiger partial charge in [0.2, 0.25) is 0 Å². The molecule has 0 saturated carbocycles. The lowest BCUT2D eigenvalue weighted by atomic mass is 10.1. The fraction of sp³-hybridized carbons (Fsp3) is 0.467. The van der Waals surface area contributed by atoms with Gasteiger partial charge in [0.25, 0.3) is 5.91 Å². The van der Waals surface area contributed by atoms with Crippen LogP contribution in [0.2, 0.25) is 0 Å². The number of amides is 1. The molecule has 0 radical (unpaired) electrons. The average molecular weight is 304 g/mol. The molecule has 0 spiro atoms. The van der Waals surface area contributed by atoms with Crippen molar-refractivity contribution in [2.45, 2.75) is 32.9 Å². The predicted octanol–water partition coefficient (Wildman–Crippen LogP) is 2.68. The Morgan fingerprint density at radius 3 is 2.45 bits per heavy atom. The number of rotatable bonds is 7. The van der Waals surface area contributed by atoms with E-state index in [0.29, 0.717) is 5.56 Å². The van der Waals surface area contributed by atoms with Crippen molar-refractivity contribution in [2.24, 2.45) is 11.0 Å². The zero-order chi connectivity index (χ0) is 16.5. The van der Waals surface area contributed by atoms with Crippen molar-refractivity contribution in [3.05, 3.63) is 46.3 Å². The Balaban J connectivity index is 2.70. The van der Waals surface area contributed by atoms with Gasteiger partial charge in [-0.05, 0) is 30.5 Å². The number of hydrogen-bond donors (Lipinski definition) is 1. The van der Waals surface area contributed by atoms with Gasteiger partial charge in [-0.25, -0.2) is 4.79 Å². The van der Waals surface area contributed by atoms with Crippen LogP contribution >= 0.6 is 0 Å². The molecule has 0 fully saturated rings. The highest BCUT2D eigenvalue weighted by Gasteiger charge is 2.27. The van der Waals surface area contributed by atoms with Crippen molar-refractivity contribution < 1.29 is 14.3 Å². The number of hydrogen-bond acceptors (Lipinski definition) is 4. The van der Waals surface area contributed by atoms with Crippen molar-refractivity contribution in [1.29, 1.82) is 0 Å². The molecule has 1 amide bonds. The van der Waals surface area contributed by atoms with Crippen LogP contribution in [0.15, 0.2) is 35.4 Å². The second-order valence-corrected chi connectivity index (χ2v) is 5.26. The van der Waals surface area contributed by atoms with Crippen molar-refractivity contribution in [2.75, 3.05) is 6.54 Å². The quantitative estimate of drug-likeness (QED) is 0.362. The summed E-state index contributed by atoms with van der Waals surface area (Å²) < 4.78 is 5.31. The number of nitrogens with zero attached hydrogens (tertiary/aromatic N) is 3. The minimum absolute atomic E-state index is 0.139. The SMILES string of the molecule is CC(C)C(OC(=O)c1ccccc1)C(=O)N[C@@H](C)CN=[N+]=[N-]. The molecule has 0 aliphatic carbocycles. The van der Waals surface area contributed by atoms with Gasteiger partial charge in [-0.2, -0.15) is 0 Å². The summed E-state index contributed by atoms with van der Waals surface area (Å²) in [5.74, 6) is -1.13. The van der Waals surface area contributed by atoms with Crippen molar-refractivity contribution in [1.82, 2.24) is 5.32 Å². The zero-order valence-corrected chi connectivity index (χ0v) is 12.9. The van der Waals surface area contributed by atoms with Crippen LogP contribution < -0.4 is 5.32 Å². The van der Waals surface area contributed by atoms with E-state index in [-0.39, 0.29) is 18.5 Å². The zero-order valence-electron chi connectivity index (χ0n) is 12.9. The predicted molar refractivity (Wildman–Crippen MR) is 82.1 cm³/mol. The normalized spacial score (nSPS) is 12.9. The van der Waals surface area contributed by atoms with E-state index in [1.807, 2.05) is 0 Å². The first kappa shape index (κ1) is 17.5. The summed E-state index contributed by atoms with van der Waals surface area (Å²) in [6.07, 6.45) is -0.902. The Morgan fingerprint density at radius 1 is 1.27 bits per heavy atom. The van der Waals surface area contributed by atoms with Crippen LogP contribution in [-0.2, 0) is 9.53 Å². The summed E-state index contributed by atoms with van der Waals surface area (Å²) in [4.78, 5) is 26.9. The van der Waals surface area contributed by atoms with E-state index >= 15 is 0 Å². The molecule has 1 aromatic rings. The average Bonchev–Trinajstić information content (AvgIpc) is 2.50. The molecule has 2 atom stereocenters. The van der Waals surface area contributed by atoms with Crippen LogP contribution in [0.25, 0.3) is 10.4 Å². The summed E-state index contributed by atoms with van der Waals surface area (Å²) in [5.41, 5.74) is 8.66. The Kier molecular flexibility index (Phi) is 6.92. The summed E-state index contributed by atoms with van der Waals surface area (Å²) in [5, 5.41) is 6.07. The van der Waals surface area contributed by atoms with Gasteiger partial charge in [-0.1, -0.05) is 37.2 Å².